The summed E-state index contributed by atoms with van der Waals surface area (Å²) in [5.41, 5.74) is 2.80. The SMILES string of the molecule is Cc1cc(C)c(C)c(S(=O)(=O)N2CCN(c3ccc([N+](=O)[O-])c(C#N)n3)CC2)c1C. The molecule has 0 N–H and O–H groups in total. The molecular formula is C20H23N5O4S. The first-order valence-corrected chi connectivity index (χ1v) is 10.9. The normalized spacial score (nSPS) is 15.1. The van der Waals surface area contributed by atoms with Gasteiger partial charge in [-0.1, -0.05) is 6.07 Å². The summed E-state index contributed by atoms with van der Waals surface area (Å²) in [6.07, 6.45) is 0. The van der Waals surface area contributed by atoms with Crippen molar-refractivity contribution in [1.82, 2.24) is 9.29 Å². The Labute approximate surface area is 175 Å². The Hall–Kier alpha value is -3.03. The maximum absolute atomic E-state index is 13.4. The fraction of sp³-hybridized carbons (Fsp3) is 0.400. The van der Waals surface area contributed by atoms with E-state index in [9.17, 15) is 18.5 Å². The number of rotatable bonds is 4. The van der Waals surface area contributed by atoms with Gasteiger partial charge in [0.15, 0.2) is 0 Å². The quantitative estimate of drug-likeness (QED) is 0.541. The van der Waals surface area contributed by atoms with Crippen molar-refractivity contribution in [3.63, 3.8) is 0 Å². The van der Waals surface area contributed by atoms with Crippen LogP contribution in [-0.4, -0.2) is 48.8 Å². The predicted molar refractivity (Wildman–Crippen MR) is 112 cm³/mol. The molecule has 0 amide bonds. The predicted octanol–water partition coefficient (Wildman–Crippen LogP) is 2.61. The number of piperazine rings is 1. The van der Waals surface area contributed by atoms with E-state index in [4.69, 9.17) is 5.26 Å². The van der Waals surface area contributed by atoms with Crippen LogP contribution in [0.25, 0.3) is 0 Å². The zero-order valence-electron chi connectivity index (χ0n) is 17.3. The Morgan fingerprint density at radius 1 is 1.07 bits per heavy atom. The molecule has 0 atom stereocenters. The van der Waals surface area contributed by atoms with Crippen molar-refractivity contribution in [2.75, 3.05) is 31.1 Å². The Kier molecular flexibility index (Phi) is 5.78. The number of aryl methyl sites for hydroxylation is 2. The lowest BCUT2D eigenvalue weighted by molar-refractivity contribution is -0.385. The Balaban J connectivity index is 1.84. The summed E-state index contributed by atoms with van der Waals surface area (Å²) in [7, 11) is -3.66. The number of anilines is 1. The molecule has 0 saturated carbocycles. The van der Waals surface area contributed by atoms with Crippen molar-refractivity contribution < 1.29 is 13.3 Å². The standard InChI is InChI=1S/C20H23N5O4S/c1-13-11-14(2)16(4)20(15(13)3)30(28,29)24-9-7-23(8-10-24)19-6-5-18(25(26)27)17(12-21)22-19/h5-6,11H,7-10H2,1-4H3. The number of pyridine rings is 1. The number of nitriles is 1. The first-order chi connectivity index (χ1) is 14.1. The van der Waals surface area contributed by atoms with Crippen LogP contribution in [0.15, 0.2) is 23.1 Å². The van der Waals surface area contributed by atoms with Crippen molar-refractivity contribution in [3.8, 4) is 6.07 Å². The second-order valence-electron chi connectivity index (χ2n) is 7.39. The van der Waals surface area contributed by atoms with Crippen molar-refractivity contribution >= 4 is 21.5 Å². The van der Waals surface area contributed by atoms with Gasteiger partial charge in [-0.05, 0) is 56.0 Å². The van der Waals surface area contributed by atoms with Crippen LogP contribution in [0.1, 0.15) is 27.9 Å². The zero-order chi connectivity index (χ0) is 22.2. The molecule has 0 radical (unpaired) electrons. The van der Waals surface area contributed by atoms with Crippen molar-refractivity contribution in [3.05, 3.63) is 56.3 Å². The molecule has 30 heavy (non-hydrogen) atoms. The molecule has 1 aliphatic rings. The molecule has 0 spiro atoms. The van der Waals surface area contributed by atoms with Gasteiger partial charge >= 0.3 is 5.69 Å². The van der Waals surface area contributed by atoms with Crippen LogP contribution in [0.2, 0.25) is 0 Å². The molecule has 10 heteroatoms. The molecule has 0 bridgehead atoms. The van der Waals surface area contributed by atoms with Crippen molar-refractivity contribution in [1.29, 1.82) is 5.26 Å². The summed E-state index contributed by atoms with van der Waals surface area (Å²) < 4.78 is 28.2. The number of sulfonamides is 1. The summed E-state index contributed by atoms with van der Waals surface area (Å²) in [5, 5.41) is 20.1. The summed E-state index contributed by atoms with van der Waals surface area (Å²) in [6, 6.07) is 6.49. The molecule has 9 nitrogen and oxygen atoms in total. The molecular weight excluding hydrogens is 406 g/mol. The van der Waals surface area contributed by atoms with E-state index in [0.29, 0.717) is 23.8 Å². The molecule has 0 unspecified atom stereocenters. The molecule has 1 aromatic heterocycles. The Bertz CT molecular complexity index is 1140. The monoisotopic (exact) mass is 429 g/mol. The van der Waals surface area contributed by atoms with Gasteiger partial charge in [0.05, 0.1) is 9.82 Å². The highest BCUT2D eigenvalue weighted by Crippen LogP contribution is 2.30. The van der Waals surface area contributed by atoms with Gasteiger partial charge in [0.2, 0.25) is 15.7 Å². The number of hydrogen-bond acceptors (Lipinski definition) is 7. The maximum atomic E-state index is 13.4. The molecule has 1 saturated heterocycles. The third-order valence-corrected chi connectivity index (χ3v) is 7.79. The Morgan fingerprint density at radius 3 is 2.13 bits per heavy atom. The summed E-state index contributed by atoms with van der Waals surface area (Å²) in [5.74, 6) is 0.424. The molecule has 1 aromatic carbocycles. The van der Waals surface area contributed by atoms with Crippen molar-refractivity contribution in [2.24, 2.45) is 0 Å². The van der Waals surface area contributed by atoms with Crippen LogP contribution in [0.4, 0.5) is 11.5 Å². The minimum Gasteiger partial charge on any atom is -0.354 e. The van der Waals surface area contributed by atoms with Gasteiger partial charge < -0.3 is 4.90 Å². The largest absolute Gasteiger partial charge is 0.354 e. The van der Waals surface area contributed by atoms with Crippen LogP contribution in [0, 0.1) is 49.1 Å². The summed E-state index contributed by atoms with van der Waals surface area (Å²) in [6.45, 7) is 8.74. The lowest BCUT2D eigenvalue weighted by Crippen LogP contribution is -2.49. The molecule has 0 aliphatic carbocycles. The highest BCUT2D eigenvalue weighted by atomic mass is 32.2. The van der Waals surface area contributed by atoms with Gasteiger partial charge in [-0.25, -0.2) is 13.4 Å². The molecule has 2 heterocycles. The molecule has 1 fully saturated rings. The van der Waals surface area contributed by atoms with Gasteiger partial charge in [0.25, 0.3) is 0 Å². The van der Waals surface area contributed by atoms with Crippen LogP contribution in [0.3, 0.4) is 0 Å². The minimum atomic E-state index is -3.66. The third-order valence-electron chi connectivity index (χ3n) is 5.62. The van der Waals surface area contributed by atoms with E-state index >= 15 is 0 Å². The van der Waals surface area contributed by atoms with Crippen LogP contribution in [-0.2, 0) is 10.0 Å². The minimum absolute atomic E-state index is 0.256. The van der Waals surface area contributed by atoms with E-state index < -0.39 is 14.9 Å². The van der Waals surface area contributed by atoms with Crippen LogP contribution < -0.4 is 4.90 Å². The maximum Gasteiger partial charge on any atom is 0.305 e. The van der Waals surface area contributed by atoms with Gasteiger partial charge in [0.1, 0.15) is 11.9 Å². The van der Waals surface area contributed by atoms with E-state index in [0.717, 1.165) is 22.3 Å². The second-order valence-corrected chi connectivity index (χ2v) is 9.26. The second kappa shape index (κ2) is 8.01. The molecule has 158 valence electrons. The molecule has 2 aromatic rings. The van der Waals surface area contributed by atoms with Gasteiger partial charge in [-0.2, -0.15) is 9.57 Å². The number of aromatic nitrogens is 1. The number of hydrogen-bond donors (Lipinski definition) is 0. The van der Waals surface area contributed by atoms with E-state index in [1.54, 1.807) is 6.07 Å². The van der Waals surface area contributed by atoms with Gasteiger partial charge in [-0.15, -0.1) is 0 Å². The molecule has 3 rings (SSSR count). The van der Waals surface area contributed by atoms with E-state index in [1.165, 1.54) is 16.4 Å². The highest BCUT2D eigenvalue weighted by Gasteiger charge is 2.32. The number of benzene rings is 1. The number of nitrogens with zero attached hydrogens (tertiary/aromatic N) is 5. The van der Waals surface area contributed by atoms with Crippen molar-refractivity contribution in [2.45, 2.75) is 32.6 Å². The van der Waals surface area contributed by atoms with Crippen LogP contribution in [0.5, 0.6) is 0 Å². The lowest BCUT2D eigenvalue weighted by Gasteiger charge is -2.35. The van der Waals surface area contributed by atoms with Crippen LogP contribution >= 0.6 is 0 Å². The van der Waals surface area contributed by atoms with Gasteiger partial charge in [-0.3, -0.25) is 10.1 Å². The summed E-state index contributed by atoms with van der Waals surface area (Å²) in [4.78, 5) is 16.6. The molecule has 1 aliphatic heterocycles. The van der Waals surface area contributed by atoms with E-state index in [-0.39, 0.29) is 24.5 Å². The Morgan fingerprint density at radius 2 is 1.63 bits per heavy atom. The summed E-state index contributed by atoms with van der Waals surface area (Å²) >= 11 is 0. The van der Waals surface area contributed by atoms with Gasteiger partial charge in [0, 0.05) is 32.2 Å². The first kappa shape index (κ1) is 21.7. The smallest absolute Gasteiger partial charge is 0.305 e. The third kappa shape index (κ3) is 3.74. The zero-order valence-corrected chi connectivity index (χ0v) is 18.2. The topological polar surface area (TPSA) is 120 Å². The lowest BCUT2D eigenvalue weighted by atomic mass is 10.0. The average Bonchev–Trinajstić information content (AvgIpc) is 2.71. The van der Waals surface area contributed by atoms with E-state index in [2.05, 4.69) is 4.98 Å². The fourth-order valence-corrected chi connectivity index (χ4v) is 5.70. The fourth-order valence-electron chi connectivity index (χ4n) is 3.70. The van der Waals surface area contributed by atoms with E-state index in [1.807, 2.05) is 38.7 Å². The average molecular weight is 430 g/mol. The number of nitro groups is 1. The highest BCUT2D eigenvalue weighted by molar-refractivity contribution is 7.89. The first-order valence-electron chi connectivity index (χ1n) is 9.46.